The van der Waals surface area contributed by atoms with Gasteiger partial charge < -0.3 is 0 Å². The van der Waals surface area contributed by atoms with E-state index in [1.54, 1.807) is 24.5 Å². The van der Waals surface area contributed by atoms with Gasteiger partial charge in [-0.15, -0.1) is 0 Å². The smallest absolute Gasteiger partial charge is 0.243 e. The Morgan fingerprint density at radius 2 is 2.08 bits per heavy atom. The molecule has 1 aliphatic carbocycles. The molecule has 1 N–H and O–H groups in total. The average molecular weight is 347 g/mol. The van der Waals surface area contributed by atoms with E-state index in [4.69, 9.17) is 0 Å². The molecule has 26 heavy (non-hydrogen) atoms. The molecule has 2 aromatic carbocycles. The Kier molecular flexibility index (Phi) is 4.21. The Bertz CT molecular complexity index is 998. The number of fused-ring (bicyclic) bond motifs is 1. The van der Waals surface area contributed by atoms with Crippen molar-refractivity contribution < 1.29 is 9.18 Å². The number of hydrogen-bond acceptors (Lipinski definition) is 3. The Morgan fingerprint density at radius 1 is 1.27 bits per heavy atom. The average Bonchev–Trinajstić information content (AvgIpc) is 3.43. The second-order valence-corrected chi connectivity index (χ2v) is 6.65. The maximum Gasteiger partial charge on any atom is 0.243 e. The fourth-order valence-electron chi connectivity index (χ4n) is 3.29. The van der Waals surface area contributed by atoms with Crippen molar-refractivity contribution in [3.05, 3.63) is 77.2 Å². The summed E-state index contributed by atoms with van der Waals surface area (Å²) in [6.45, 7) is 2.00. The van der Waals surface area contributed by atoms with E-state index in [1.807, 2.05) is 31.2 Å². The fraction of sp³-hybridized carbons (Fsp3) is 0.190. The van der Waals surface area contributed by atoms with Gasteiger partial charge in [-0.05, 0) is 66.3 Å². The molecule has 0 saturated heterocycles. The first kappa shape index (κ1) is 16.4. The summed E-state index contributed by atoms with van der Waals surface area (Å²) in [6.07, 6.45) is 4.19. The molecule has 1 aliphatic rings. The molecule has 0 aliphatic heterocycles. The molecular weight excluding hydrogens is 329 g/mol. The van der Waals surface area contributed by atoms with E-state index in [0.717, 1.165) is 34.0 Å². The highest BCUT2D eigenvalue weighted by molar-refractivity contribution is 5.91. The van der Waals surface area contributed by atoms with Gasteiger partial charge in [-0.1, -0.05) is 18.2 Å². The van der Waals surface area contributed by atoms with Crippen LogP contribution < -0.4 is 5.43 Å². The third-order valence-electron chi connectivity index (χ3n) is 4.73. The van der Waals surface area contributed by atoms with Crippen molar-refractivity contribution in [2.45, 2.75) is 19.3 Å². The zero-order chi connectivity index (χ0) is 18.1. The topological polar surface area (TPSA) is 54.4 Å². The number of hydrogen-bond donors (Lipinski definition) is 1. The van der Waals surface area contributed by atoms with E-state index < -0.39 is 0 Å². The molecule has 0 radical (unpaired) electrons. The first-order chi connectivity index (χ1) is 12.6. The number of carbonyl (C=O) groups is 1. The van der Waals surface area contributed by atoms with Gasteiger partial charge in [0.05, 0.1) is 11.7 Å². The minimum atomic E-state index is -0.263. The monoisotopic (exact) mass is 347 g/mol. The van der Waals surface area contributed by atoms with Crippen LogP contribution >= 0.6 is 0 Å². The predicted molar refractivity (Wildman–Crippen MR) is 99.5 cm³/mol. The van der Waals surface area contributed by atoms with Gasteiger partial charge in [-0.2, -0.15) is 5.10 Å². The van der Waals surface area contributed by atoms with Gasteiger partial charge in [-0.3, -0.25) is 9.78 Å². The Balaban J connectivity index is 1.40. The summed E-state index contributed by atoms with van der Waals surface area (Å²) in [5.41, 5.74) is 6.55. The number of aromatic nitrogens is 1. The molecule has 1 saturated carbocycles. The van der Waals surface area contributed by atoms with Gasteiger partial charge in [0.15, 0.2) is 0 Å². The summed E-state index contributed by atoms with van der Waals surface area (Å²) in [4.78, 5) is 16.6. The van der Waals surface area contributed by atoms with Crippen LogP contribution in [0.15, 0.2) is 59.8 Å². The van der Waals surface area contributed by atoms with Gasteiger partial charge in [0, 0.05) is 17.5 Å². The van der Waals surface area contributed by atoms with Crippen LogP contribution in [0.25, 0.3) is 10.9 Å². The van der Waals surface area contributed by atoms with Crippen LogP contribution in [0.3, 0.4) is 0 Å². The molecule has 4 nitrogen and oxygen atoms in total. The zero-order valence-corrected chi connectivity index (χ0v) is 14.3. The number of rotatable bonds is 4. The maximum atomic E-state index is 13.0. The minimum absolute atomic E-state index is 0.0971. The standard InChI is InChI=1S/C21H18FN3O/c1-13-9-14(10-16-3-2-8-23-20(13)16)12-24-25-21(26)19-11-18(19)15-4-6-17(22)7-5-15/h2-10,12,18-19H,11H2,1H3,(H,25,26). The number of halogens is 1. The lowest BCUT2D eigenvalue weighted by atomic mass is 10.1. The molecule has 1 fully saturated rings. The summed E-state index contributed by atoms with van der Waals surface area (Å²) >= 11 is 0. The van der Waals surface area contributed by atoms with Gasteiger partial charge in [0.1, 0.15) is 5.82 Å². The van der Waals surface area contributed by atoms with Crippen LogP contribution in [0.2, 0.25) is 0 Å². The van der Waals surface area contributed by atoms with Crippen LogP contribution in [0, 0.1) is 18.7 Å². The zero-order valence-electron chi connectivity index (χ0n) is 14.3. The minimum Gasteiger partial charge on any atom is -0.273 e. The van der Waals surface area contributed by atoms with E-state index >= 15 is 0 Å². The second-order valence-electron chi connectivity index (χ2n) is 6.65. The van der Waals surface area contributed by atoms with Crippen molar-refractivity contribution in [2.75, 3.05) is 0 Å². The van der Waals surface area contributed by atoms with Crippen LogP contribution in [0.5, 0.6) is 0 Å². The maximum absolute atomic E-state index is 13.0. The highest BCUT2D eigenvalue weighted by Crippen LogP contribution is 2.47. The van der Waals surface area contributed by atoms with Crippen LogP contribution in [0.4, 0.5) is 4.39 Å². The Labute approximate surface area is 150 Å². The largest absolute Gasteiger partial charge is 0.273 e. The summed E-state index contributed by atoms with van der Waals surface area (Å²) in [6, 6.07) is 14.2. The van der Waals surface area contributed by atoms with E-state index in [-0.39, 0.29) is 23.6 Å². The first-order valence-corrected chi connectivity index (χ1v) is 8.55. The number of aryl methyl sites for hydroxylation is 1. The van der Waals surface area contributed by atoms with Crippen molar-refractivity contribution in [3.8, 4) is 0 Å². The number of pyridine rings is 1. The highest BCUT2D eigenvalue weighted by atomic mass is 19.1. The molecule has 5 heteroatoms. The Morgan fingerprint density at radius 3 is 2.88 bits per heavy atom. The van der Waals surface area contributed by atoms with Crippen molar-refractivity contribution in [3.63, 3.8) is 0 Å². The lowest BCUT2D eigenvalue weighted by Gasteiger charge is -2.03. The lowest BCUT2D eigenvalue weighted by molar-refractivity contribution is -0.122. The number of hydrazone groups is 1. The molecule has 0 bridgehead atoms. The molecule has 2 unspecified atom stereocenters. The number of nitrogens with zero attached hydrogens (tertiary/aromatic N) is 2. The normalized spacial score (nSPS) is 19.0. The number of carbonyl (C=O) groups excluding carboxylic acids is 1. The molecular formula is C21H18FN3O. The number of nitrogens with one attached hydrogen (secondary N) is 1. The van der Waals surface area contributed by atoms with E-state index in [2.05, 4.69) is 15.5 Å². The van der Waals surface area contributed by atoms with Crippen molar-refractivity contribution in [1.82, 2.24) is 10.4 Å². The quantitative estimate of drug-likeness (QED) is 0.574. The molecule has 1 aromatic heterocycles. The van der Waals surface area contributed by atoms with Crippen LogP contribution in [0.1, 0.15) is 29.0 Å². The van der Waals surface area contributed by atoms with Crippen molar-refractivity contribution in [2.24, 2.45) is 11.0 Å². The fourth-order valence-corrected chi connectivity index (χ4v) is 3.29. The molecule has 0 spiro atoms. The molecule has 1 amide bonds. The van der Waals surface area contributed by atoms with Gasteiger partial charge in [-0.25, -0.2) is 9.82 Å². The SMILES string of the molecule is Cc1cc(C=NNC(=O)C2CC2c2ccc(F)cc2)cc2cccnc12. The van der Waals surface area contributed by atoms with Gasteiger partial charge >= 0.3 is 0 Å². The summed E-state index contributed by atoms with van der Waals surface area (Å²) < 4.78 is 13.0. The predicted octanol–water partition coefficient (Wildman–Crippen LogP) is 3.94. The van der Waals surface area contributed by atoms with Crippen molar-refractivity contribution >= 4 is 23.0 Å². The van der Waals surface area contributed by atoms with Gasteiger partial charge in [0.2, 0.25) is 5.91 Å². The molecule has 4 rings (SSSR count). The Hall–Kier alpha value is -3.08. The summed E-state index contributed by atoms with van der Waals surface area (Å²) in [5, 5.41) is 5.13. The van der Waals surface area contributed by atoms with Crippen LogP contribution in [-0.2, 0) is 4.79 Å². The van der Waals surface area contributed by atoms with E-state index in [1.165, 1.54) is 12.1 Å². The van der Waals surface area contributed by atoms with Crippen LogP contribution in [-0.4, -0.2) is 17.1 Å². The third kappa shape index (κ3) is 3.33. The molecule has 3 aromatic rings. The third-order valence-corrected chi connectivity index (χ3v) is 4.73. The molecule has 2 atom stereocenters. The first-order valence-electron chi connectivity index (χ1n) is 8.55. The van der Waals surface area contributed by atoms with Gasteiger partial charge in [0.25, 0.3) is 0 Å². The van der Waals surface area contributed by atoms with E-state index in [9.17, 15) is 9.18 Å². The van der Waals surface area contributed by atoms with Crippen molar-refractivity contribution in [1.29, 1.82) is 0 Å². The molecule has 130 valence electrons. The number of benzene rings is 2. The number of amides is 1. The van der Waals surface area contributed by atoms with E-state index in [0.29, 0.717) is 0 Å². The lowest BCUT2D eigenvalue weighted by Crippen LogP contribution is -2.20. The summed E-state index contributed by atoms with van der Waals surface area (Å²) in [5.74, 6) is -0.310. The second kappa shape index (κ2) is 6.67. The highest BCUT2D eigenvalue weighted by Gasteiger charge is 2.43. The molecule has 1 heterocycles. The summed E-state index contributed by atoms with van der Waals surface area (Å²) in [7, 11) is 0.